The summed E-state index contributed by atoms with van der Waals surface area (Å²) in [6.45, 7) is 9.05. The van der Waals surface area contributed by atoms with Crippen molar-refractivity contribution in [1.29, 1.82) is 0 Å². The van der Waals surface area contributed by atoms with E-state index >= 15 is 0 Å². The normalized spacial score (nSPS) is 18.0. The highest BCUT2D eigenvalue weighted by Crippen LogP contribution is 2.18. The Morgan fingerprint density at radius 1 is 1.12 bits per heavy atom. The Morgan fingerprint density at radius 2 is 1.75 bits per heavy atom. The SMILES string of the molecule is Cc1noc(C)c1CN1CCN(CC(O)c2ccc(F)cc2)CC1. The highest BCUT2D eigenvalue weighted by atomic mass is 19.1. The molecule has 1 atom stereocenters. The lowest BCUT2D eigenvalue weighted by Crippen LogP contribution is -2.47. The number of aromatic nitrogens is 1. The number of β-amino-alcohol motifs (C(OH)–C–C–N with tert-alkyl or cyclic N) is 1. The molecule has 1 N–H and O–H groups in total. The van der Waals surface area contributed by atoms with Gasteiger partial charge in [0.15, 0.2) is 0 Å². The van der Waals surface area contributed by atoms with E-state index in [1.165, 1.54) is 17.7 Å². The van der Waals surface area contributed by atoms with E-state index in [-0.39, 0.29) is 5.82 Å². The molecule has 0 spiro atoms. The Morgan fingerprint density at radius 3 is 2.33 bits per heavy atom. The summed E-state index contributed by atoms with van der Waals surface area (Å²) >= 11 is 0. The molecule has 1 saturated heterocycles. The Bertz CT molecular complexity index is 644. The lowest BCUT2D eigenvalue weighted by Gasteiger charge is -2.35. The summed E-state index contributed by atoms with van der Waals surface area (Å²) in [4.78, 5) is 4.63. The van der Waals surface area contributed by atoms with Gasteiger partial charge in [-0.05, 0) is 31.5 Å². The number of nitrogens with zero attached hydrogens (tertiary/aromatic N) is 3. The van der Waals surface area contributed by atoms with Crippen molar-refractivity contribution >= 4 is 0 Å². The van der Waals surface area contributed by atoms with Crippen LogP contribution in [0, 0.1) is 19.7 Å². The van der Waals surface area contributed by atoms with E-state index in [4.69, 9.17) is 4.52 Å². The van der Waals surface area contributed by atoms with Gasteiger partial charge in [0, 0.05) is 44.8 Å². The highest BCUT2D eigenvalue weighted by Gasteiger charge is 2.21. The second kappa shape index (κ2) is 7.42. The molecule has 1 aliphatic rings. The van der Waals surface area contributed by atoms with Gasteiger partial charge in [-0.2, -0.15) is 0 Å². The summed E-state index contributed by atoms with van der Waals surface area (Å²) < 4.78 is 18.2. The fourth-order valence-electron chi connectivity index (χ4n) is 3.12. The van der Waals surface area contributed by atoms with Gasteiger partial charge in [0.05, 0.1) is 11.8 Å². The molecular formula is C18H24FN3O2. The molecule has 1 aromatic carbocycles. The predicted molar refractivity (Wildman–Crippen MR) is 89.1 cm³/mol. The number of benzene rings is 1. The quantitative estimate of drug-likeness (QED) is 0.910. The van der Waals surface area contributed by atoms with Gasteiger partial charge in [-0.1, -0.05) is 17.3 Å². The number of aliphatic hydroxyl groups is 1. The van der Waals surface area contributed by atoms with Crippen molar-refractivity contribution in [2.75, 3.05) is 32.7 Å². The summed E-state index contributed by atoms with van der Waals surface area (Å²) in [5.41, 5.74) is 2.89. The van der Waals surface area contributed by atoms with Crippen LogP contribution >= 0.6 is 0 Å². The van der Waals surface area contributed by atoms with Crippen LogP contribution < -0.4 is 0 Å². The van der Waals surface area contributed by atoms with Crippen LogP contribution in [0.25, 0.3) is 0 Å². The Balaban J connectivity index is 1.49. The van der Waals surface area contributed by atoms with Gasteiger partial charge >= 0.3 is 0 Å². The van der Waals surface area contributed by atoms with Gasteiger partial charge in [-0.15, -0.1) is 0 Å². The molecule has 2 aromatic rings. The van der Waals surface area contributed by atoms with Gasteiger partial charge in [0.25, 0.3) is 0 Å². The summed E-state index contributed by atoms with van der Waals surface area (Å²) in [5, 5.41) is 14.3. The molecule has 1 aliphatic heterocycles. The van der Waals surface area contributed by atoms with Crippen LogP contribution in [0.15, 0.2) is 28.8 Å². The topological polar surface area (TPSA) is 52.7 Å². The molecule has 3 rings (SSSR count). The number of piperazine rings is 1. The lowest BCUT2D eigenvalue weighted by molar-refractivity contribution is 0.0699. The van der Waals surface area contributed by atoms with Crippen molar-refractivity contribution in [2.24, 2.45) is 0 Å². The molecule has 0 bridgehead atoms. The van der Waals surface area contributed by atoms with Crippen LogP contribution in [0.3, 0.4) is 0 Å². The first-order valence-corrected chi connectivity index (χ1v) is 8.33. The standard InChI is InChI=1S/C18H24FN3O2/c1-13-17(14(2)24-20-13)11-21-7-9-22(10-8-21)12-18(23)15-3-5-16(19)6-4-15/h3-6,18,23H,7-12H2,1-2H3. The predicted octanol–water partition coefficient (Wildman–Crippen LogP) is 2.28. The van der Waals surface area contributed by atoms with Crippen LogP contribution in [0.5, 0.6) is 0 Å². The van der Waals surface area contributed by atoms with Gasteiger partial charge in [-0.25, -0.2) is 4.39 Å². The van der Waals surface area contributed by atoms with E-state index in [0.29, 0.717) is 6.54 Å². The fourth-order valence-corrected chi connectivity index (χ4v) is 3.12. The van der Waals surface area contributed by atoms with E-state index in [1.54, 1.807) is 12.1 Å². The van der Waals surface area contributed by atoms with Crippen molar-refractivity contribution in [1.82, 2.24) is 15.0 Å². The van der Waals surface area contributed by atoms with Gasteiger partial charge in [0.1, 0.15) is 11.6 Å². The first-order chi connectivity index (χ1) is 11.5. The minimum atomic E-state index is -0.584. The molecular weight excluding hydrogens is 309 g/mol. The number of aliphatic hydroxyl groups excluding tert-OH is 1. The largest absolute Gasteiger partial charge is 0.387 e. The van der Waals surface area contributed by atoms with E-state index in [9.17, 15) is 9.50 Å². The first kappa shape index (κ1) is 17.1. The molecule has 0 amide bonds. The second-order valence-corrected chi connectivity index (χ2v) is 6.45. The Hall–Kier alpha value is -1.76. The van der Waals surface area contributed by atoms with Gasteiger partial charge in [-0.3, -0.25) is 9.80 Å². The molecule has 130 valence electrons. The van der Waals surface area contributed by atoms with Crippen LogP contribution in [0.2, 0.25) is 0 Å². The van der Waals surface area contributed by atoms with E-state index in [0.717, 1.165) is 49.7 Å². The molecule has 5 nitrogen and oxygen atoms in total. The van der Waals surface area contributed by atoms with Crippen LogP contribution in [-0.4, -0.2) is 52.8 Å². The molecule has 6 heteroatoms. The van der Waals surface area contributed by atoms with Crippen molar-refractivity contribution in [3.63, 3.8) is 0 Å². The molecule has 1 aromatic heterocycles. The molecule has 0 aliphatic carbocycles. The van der Waals surface area contributed by atoms with Gasteiger partial charge in [0.2, 0.25) is 0 Å². The monoisotopic (exact) mass is 333 g/mol. The molecule has 0 radical (unpaired) electrons. The zero-order valence-electron chi connectivity index (χ0n) is 14.2. The minimum Gasteiger partial charge on any atom is -0.387 e. The third-order valence-electron chi connectivity index (χ3n) is 4.71. The zero-order chi connectivity index (χ0) is 17.1. The van der Waals surface area contributed by atoms with Crippen LogP contribution in [0.1, 0.15) is 28.7 Å². The maximum atomic E-state index is 13.0. The van der Waals surface area contributed by atoms with Crippen LogP contribution in [0.4, 0.5) is 4.39 Å². The van der Waals surface area contributed by atoms with Gasteiger partial charge < -0.3 is 9.63 Å². The smallest absolute Gasteiger partial charge is 0.138 e. The highest BCUT2D eigenvalue weighted by molar-refractivity contribution is 5.21. The average Bonchev–Trinajstić information content (AvgIpc) is 2.89. The minimum absolute atomic E-state index is 0.279. The number of hydrogen-bond donors (Lipinski definition) is 1. The summed E-state index contributed by atoms with van der Waals surface area (Å²) in [5.74, 6) is 0.612. The van der Waals surface area contributed by atoms with E-state index in [2.05, 4.69) is 15.0 Å². The third-order valence-corrected chi connectivity index (χ3v) is 4.71. The summed E-state index contributed by atoms with van der Waals surface area (Å²) in [6.07, 6.45) is -0.584. The Kier molecular flexibility index (Phi) is 5.28. The van der Waals surface area contributed by atoms with Crippen LogP contribution in [-0.2, 0) is 6.54 Å². The summed E-state index contributed by atoms with van der Waals surface area (Å²) in [7, 11) is 0. The number of hydrogen-bond acceptors (Lipinski definition) is 5. The molecule has 0 saturated carbocycles. The second-order valence-electron chi connectivity index (χ2n) is 6.45. The van der Waals surface area contributed by atoms with E-state index in [1.807, 2.05) is 13.8 Å². The maximum Gasteiger partial charge on any atom is 0.138 e. The molecule has 2 heterocycles. The molecule has 1 unspecified atom stereocenters. The lowest BCUT2D eigenvalue weighted by atomic mass is 10.1. The van der Waals surface area contributed by atoms with Crippen molar-refractivity contribution in [3.8, 4) is 0 Å². The third kappa shape index (κ3) is 4.01. The zero-order valence-corrected chi connectivity index (χ0v) is 14.2. The Labute approximate surface area is 141 Å². The average molecular weight is 333 g/mol. The van der Waals surface area contributed by atoms with Crippen molar-refractivity contribution in [2.45, 2.75) is 26.5 Å². The van der Waals surface area contributed by atoms with Crippen molar-refractivity contribution in [3.05, 3.63) is 52.7 Å². The molecule has 1 fully saturated rings. The first-order valence-electron chi connectivity index (χ1n) is 8.33. The van der Waals surface area contributed by atoms with Crippen molar-refractivity contribution < 1.29 is 14.0 Å². The maximum absolute atomic E-state index is 13.0. The number of halogens is 1. The summed E-state index contributed by atoms with van der Waals surface area (Å²) in [6, 6.07) is 6.07. The van der Waals surface area contributed by atoms with E-state index < -0.39 is 6.10 Å². The molecule has 24 heavy (non-hydrogen) atoms. The number of aryl methyl sites for hydroxylation is 2. The fraction of sp³-hybridized carbons (Fsp3) is 0.500. The number of rotatable bonds is 5.